The number of methoxy groups -OCH3 is 1. The molecule has 0 saturated carbocycles. The molecule has 2 aromatic carbocycles. The van der Waals surface area contributed by atoms with E-state index in [9.17, 15) is 4.79 Å². The molecule has 4 nitrogen and oxygen atoms in total. The molecule has 1 heterocycles. The van der Waals surface area contributed by atoms with Crippen LogP contribution in [-0.2, 0) is 10.5 Å². The van der Waals surface area contributed by atoms with E-state index in [2.05, 4.69) is 22.4 Å². The van der Waals surface area contributed by atoms with Crippen LogP contribution in [0.25, 0.3) is 10.2 Å². The second kappa shape index (κ2) is 7.48. The molecular formula is C17H16N2O2S2. The summed E-state index contributed by atoms with van der Waals surface area (Å²) in [6.45, 7) is 0. The Labute approximate surface area is 142 Å². The number of nitrogens with one attached hydrogen (secondary N) is 1. The van der Waals surface area contributed by atoms with Crippen LogP contribution in [0.2, 0.25) is 0 Å². The highest BCUT2D eigenvalue weighted by Crippen LogP contribution is 2.29. The van der Waals surface area contributed by atoms with Crippen LogP contribution < -0.4 is 10.1 Å². The van der Waals surface area contributed by atoms with E-state index in [0.717, 1.165) is 21.7 Å². The van der Waals surface area contributed by atoms with Gasteiger partial charge in [0.2, 0.25) is 5.91 Å². The van der Waals surface area contributed by atoms with Gasteiger partial charge < -0.3 is 10.1 Å². The topological polar surface area (TPSA) is 51.2 Å². The number of rotatable bonds is 6. The van der Waals surface area contributed by atoms with Gasteiger partial charge in [0.25, 0.3) is 0 Å². The predicted octanol–water partition coefficient (Wildman–Crippen LogP) is 4.18. The van der Waals surface area contributed by atoms with E-state index in [4.69, 9.17) is 4.74 Å². The van der Waals surface area contributed by atoms with Crippen LogP contribution in [-0.4, -0.2) is 23.8 Å². The highest BCUT2D eigenvalue weighted by atomic mass is 32.2. The molecule has 1 N–H and O–H groups in total. The van der Waals surface area contributed by atoms with Crippen molar-refractivity contribution in [3.05, 3.63) is 54.1 Å². The first kappa shape index (κ1) is 15.8. The van der Waals surface area contributed by atoms with Crippen molar-refractivity contribution in [2.75, 3.05) is 18.2 Å². The van der Waals surface area contributed by atoms with Gasteiger partial charge in [-0.15, -0.1) is 11.8 Å². The first-order chi connectivity index (χ1) is 11.2. The summed E-state index contributed by atoms with van der Waals surface area (Å²) in [5.41, 5.74) is 2.08. The van der Waals surface area contributed by atoms with E-state index >= 15 is 0 Å². The average Bonchev–Trinajstić information content (AvgIpc) is 2.96. The van der Waals surface area contributed by atoms with E-state index in [0.29, 0.717) is 10.9 Å². The number of nitrogens with zero attached hydrogens (tertiary/aromatic N) is 1. The lowest BCUT2D eigenvalue weighted by atomic mass is 10.2. The molecule has 0 spiro atoms. The third-order valence-corrected chi connectivity index (χ3v) is 5.12. The van der Waals surface area contributed by atoms with E-state index in [1.807, 2.05) is 36.4 Å². The predicted molar refractivity (Wildman–Crippen MR) is 97.4 cm³/mol. The molecule has 0 radical (unpaired) electrons. The summed E-state index contributed by atoms with van der Waals surface area (Å²) >= 11 is 3.04. The lowest BCUT2D eigenvalue weighted by Crippen LogP contribution is -2.13. The molecule has 6 heteroatoms. The van der Waals surface area contributed by atoms with Crippen molar-refractivity contribution in [1.82, 2.24) is 4.98 Å². The third-order valence-electron chi connectivity index (χ3n) is 3.19. The van der Waals surface area contributed by atoms with Gasteiger partial charge in [0.05, 0.1) is 23.1 Å². The van der Waals surface area contributed by atoms with E-state index in [1.54, 1.807) is 18.9 Å². The SMILES string of the molecule is COc1ccc2nc(NC(=O)CSCc3ccccc3)sc2c1. The van der Waals surface area contributed by atoms with Gasteiger partial charge >= 0.3 is 0 Å². The van der Waals surface area contributed by atoms with Gasteiger partial charge in [0.15, 0.2) is 5.13 Å². The fourth-order valence-corrected chi connectivity index (χ4v) is 3.77. The first-order valence-electron chi connectivity index (χ1n) is 7.11. The lowest BCUT2D eigenvalue weighted by Gasteiger charge is -2.02. The van der Waals surface area contributed by atoms with Crippen molar-refractivity contribution in [1.29, 1.82) is 0 Å². The maximum atomic E-state index is 12.0. The molecule has 118 valence electrons. The van der Waals surface area contributed by atoms with Crippen molar-refractivity contribution < 1.29 is 9.53 Å². The van der Waals surface area contributed by atoms with Gasteiger partial charge in [-0.2, -0.15) is 0 Å². The number of hydrogen-bond acceptors (Lipinski definition) is 5. The lowest BCUT2D eigenvalue weighted by molar-refractivity contribution is -0.113. The van der Waals surface area contributed by atoms with Crippen LogP contribution in [0, 0.1) is 0 Å². The Morgan fingerprint density at radius 1 is 1.26 bits per heavy atom. The molecule has 0 aliphatic heterocycles. The number of thioether (sulfide) groups is 1. The minimum atomic E-state index is -0.0306. The standard InChI is InChI=1S/C17H16N2O2S2/c1-21-13-7-8-14-15(9-13)23-17(18-14)19-16(20)11-22-10-12-5-3-2-4-6-12/h2-9H,10-11H2,1H3,(H,18,19,20). The maximum absolute atomic E-state index is 12.0. The summed E-state index contributed by atoms with van der Waals surface area (Å²) in [4.78, 5) is 16.4. The normalized spacial score (nSPS) is 10.7. The van der Waals surface area contributed by atoms with Gasteiger partial charge in [0, 0.05) is 5.75 Å². The molecule has 1 aromatic heterocycles. The fourth-order valence-electron chi connectivity index (χ4n) is 2.08. The maximum Gasteiger partial charge on any atom is 0.236 e. The zero-order valence-corrected chi connectivity index (χ0v) is 14.2. The van der Waals surface area contributed by atoms with Crippen molar-refractivity contribution in [3.63, 3.8) is 0 Å². The molecular weight excluding hydrogens is 328 g/mol. The summed E-state index contributed by atoms with van der Waals surface area (Å²) in [5, 5.41) is 3.49. The zero-order valence-electron chi connectivity index (χ0n) is 12.6. The highest BCUT2D eigenvalue weighted by Gasteiger charge is 2.08. The molecule has 23 heavy (non-hydrogen) atoms. The van der Waals surface area contributed by atoms with Crippen LogP contribution in [0.4, 0.5) is 5.13 Å². The number of amides is 1. The highest BCUT2D eigenvalue weighted by molar-refractivity contribution is 7.99. The number of carbonyl (C=O) groups is 1. The summed E-state index contributed by atoms with van der Waals surface area (Å²) < 4.78 is 6.19. The molecule has 0 saturated heterocycles. The number of aromatic nitrogens is 1. The Morgan fingerprint density at radius 2 is 2.09 bits per heavy atom. The molecule has 0 unspecified atom stereocenters. The Bertz CT molecular complexity index is 803. The summed E-state index contributed by atoms with van der Waals surface area (Å²) in [5.74, 6) is 1.99. The van der Waals surface area contributed by atoms with Gasteiger partial charge in [-0.1, -0.05) is 41.7 Å². The second-order valence-corrected chi connectivity index (χ2v) is 6.90. The van der Waals surface area contributed by atoms with Crippen LogP contribution in [0.15, 0.2) is 48.5 Å². The van der Waals surface area contributed by atoms with Crippen molar-refractivity contribution in [3.8, 4) is 5.75 Å². The van der Waals surface area contributed by atoms with E-state index < -0.39 is 0 Å². The van der Waals surface area contributed by atoms with E-state index in [-0.39, 0.29) is 5.91 Å². The largest absolute Gasteiger partial charge is 0.497 e. The molecule has 3 aromatic rings. The summed E-state index contributed by atoms with van der Waals surface area (Å²) in [7, 11) is 1.63. The van der Waals surface area contributed by atoms with Gasteiger partial charge in [-0.25, -0.2) is 4.98 Å². The van der Waals surface area contributed by atoms with Crippen LogP contribution in [0.1, 0.15) is 5.56 Å². The number of carbonyl (C=O) groups excluding carboxylic acids is 1. The fraction of sp³-hybridized carbons (Fsp3) is 0.176. The summed E-state index contributed by atoms with van der Waals surface area (Å²) in [6.07, 6.45) is 0. The van der Waals surface area contributed by atoms with Crippen molar-refractivity contribution >= 4 is 44.4 Å². The second-order valence-electron chi connectivity index (χ2n) is 4.88. The molecule has 0 bridgehead atoms. The number of fused-ring (bicyclic) bond motifs is 1. The molecule has 3 rings (SSSR count). The van der Waals surface area contributed by atoms with Crippen molar-refractivity contribution in [2.24, 2.45) is 0 Å². The number of thiazole rings is 1. The third kappa shape index (κ3) is 4.24. The monoisotopic (exact) mass is 344 g/mol. The number of anilines is 1. The molecule has 0 atom stereocenters. The van der Waals surface area contributed by atoms with E-state index in [1.165, 1.54) is 16.9 Å². The zero-order chi connectivity index (χ0) is 16.1. The van der Waals surface area contributed by atoms with Crippen molar-refractivity contribution in [2.45, 2.75) is 5.75 Å². The number of benzene rings is 2. The average molecular weight is 344 g/mol. The van der Waals surface area contributed by atoms with Crippen LogP contribution in [0.5, 0.6) is 5.75 Å². The van der Waals surface area contributed by atoms with Gasteiger partial charge in [0.1, 0.15) is 5.75 Å². The number of ether oxygens (including phenoxy) is 1. The Balaban J connectivity index is 1.55. The number of hydrogen-bond donors (Lipinski definition) is 1. The quantitative estimate of drug-likeness (QED) is 0.729. The van der Waals surface area contributed by atoms with Crippen LogP contribution >= 0.6 is 23.1 Å². The first-order valence-corrected chi connectivity index (χ1v) is 9.08. The van der Waals surface area contributed by atoms with Crippen LogP contribution in [0.3, 0.4) is 0 Å². The molecule has 1 amide bonds. The van der Waals surface area contributed by atoms with Gasteiger partial charge in [-0.3, -0.25) is 4.79 Å². The summed E-state index contributed by atoms with van der Waals surface area (Å²) in [6, 6.07) is 15.8. The molecule has 0 fully saturated rings. The Hall–Kier alpha value is -2.05. The van der Waals surface area contributed by atoms with Gasteiger partial charge in [-0.05, 0) is 23.8 Å². The minimum Gasteiger partial charge on any atom is -0.497 e. The Kier molecular flexibility index (Phi) is 5.15. The Morgan fingerprint density at radius 3 is 2.87 bits per heavy atom. The smallest absolute Gasteiger partial charge is 0.236 e. The molecule has 0 aliphatic rings. The minimum absolute atomic E-state index is 0.0306. The molecule has 0 aliphatic carbocycles.